The van der Waals surface area contributed by atoms with Gasteiger partial charge in [0.25, 0.3) is 5.91 Å². The van der Waals surface area contributed by atoms with Crippen molar-refractivity contribution in [2.75, 3.05) is 0 Å². The van der Waals surface area contributed by atoms with Crippen LogP contribution in [0.2, 0.25) is 0 Å². The molecule has 0 aliphatic carbocycles. The van der Waals surface area contributed by atoms with E-state index < -0.39 is 17.8 Å². The number of nitrogens with zero attached hydrogens (tertiary/aromatic N) is 1. The van der Waals surface area contributed by atoms with E-state index in [1.165, 1.54) is 6.07 Å². The summed E-state index contributed by atoms with van der Waals surface area (Å²) in [6, 6.07) is 12.2. The molecule has 122 valence electrons. The molecule has 1 unspecified atom stereocenters. The smallest absolute Gasteiger partial charge is 0.257 e. The van der Waals surface area contributed by atoms with E-state index in [2.05, 4.69) is 31.6 Å². The second-order valence-corrected chi connectivity index (χ2v) is 6.14. The van der Waals surface area contributed by atoms with Crippen molar-refractivity contribution in [3.8, 4) is 0 Å². The molecule has 1 heterocycles. The Bertz CT molecular complexity index is 821. The second-order valence-electron chi connectivity index (χ2n) is 5.23. The maximum absolute atomic E-state index is 13.9. The number of carbonyl (C=O) groups excluding carboxylic acids is 2. The number of amides is 2. The van der Waals surface area contributed by atoms with Gasteiger partial charge in [0.1, 0.15) is 5.82 Å². The molecule has 1 atom stereocenters. The average molecular weight is 390 g/mol. The minimum absolute atomic E-state index is 0.0208. The number of guanidine groups is 1. The first-order chi connectivity index (χ1) is 11.5. The fourth-order valence-corrected chi connectivity index (χ4v) is 2.63. The van der Waals surface area contributed by atoms with Crippen LogP contribution in [0.25, 0.3) is 0 Å². The van der Waals surface area contributed by atoms with E-state index in [4.69, 9.17) is 0 Å². The van der Waals surface area contributed by atoms with E-state index in [0.717, 1.165) is 4.47 Å². The maximum atomic E-state index is 13.9. The van der Waals surface area contributed by atoms with Crippen molar-refractivity contribution in [1.82, 2.24) is 10.6 Å². The van der Waals surface area contributed by atoms with Crippen molar-refractivity contribution in [2.45, 2.75) is 12.5 Å². The van der Waals surface area contributed by atoms with E-state index in [0.29, 0.717) is 11.1 Å². The van der Waals surface area contributed by atoms with E-state index in [-0.39, 0.29) is 18.3 Å². The number of rotatable bonds is 2. The third kappa shape index (κ3) is 3.68. The second kappa shape index (κ2) is 6.92. The molecule has 0 spiro atoms. The number of aliphatic imine (C=N–C) groups is 1. The molecule has 2 aromatic carbocycles. The quantitative estimate of drug-likeness (QED) is 0.828. The molecule has 7 heteroatoms. The number of halogens is 2. The molecule has 3 rings (SSSR count). The van der Waals surface area contributed by atoms with Gasteiger partial charge in [-0.1, -0.05) is 34.1 Å². The van der Waals surface area contributed by atoms with Gasteiger partial charge in [-0.2, -0.15) is 0 Å². The number of benzene rings is 2. The molecule has 1 aliphatic heterocycles. The van der Waals surface area contributed by atoms with E-state index >= 15 is 0 Å². The van der Waals surface area contributed by atoms with Crippen molar-refractivity contribution in [3.05, 3.63) is 69.9 Å². The van der Waals surface area contributed by atoms with Crippen molar-refractivity contribution >= 4 is 33.7 Å². The zero-order valence-corrected chi connectivity index (χ0v) is 14.0. The summed E-state index contributed by atoms with van der Waals surface area (Å²) in [6.07, 6.45) is 0.0264. The predicted molar refractivity (Wildman–Crippen MR) is 90.9 cm³/mol. The van der Waals surface area contributed by atoms with Crippen LogP contribution in [0.15, 0.2) is 58.0 Å². The molecular weight excluding hydrogens is 377 g/mol. The molecule has 5 nitrogen and oxygen atoms in total. The van der Waals surface area contributed by atoms with Gasteiger partial charge in [0, 0.05) is 15.6 Å². The summed E-state index contributed by atoms with van der Waals surface area (Å²) in [4.78, 5) is 28.3. The Labute approximate surface area is 146 Å². The van der Waals surface area contributed by atoms with Gasteiger partial charge < -0.3 is 0 Å². The van der Waals surface area contributed by atoms with Crippen LogP contribution in [0.1, 0.15) is 28.4 Å². The van der Waals surface area contributed by atoms with Gasteiger partial charge in [-0.3, -0.25) is 20.2 Å². The molecule has 24 heavy (non-hydrogen) atoms. The molecule has 0 radical (unpaired) electrons. The Morgan fingerprint density at radius 2 is 1.92 bits per heavy atom. The number of nitrogens with one attached hydrogen (secondary N) is 2. The van der Waals surface area contributed by atoms with Crippen molar-refractivity contribution in [3.63, 3.8) is 0 Å². The van der Waals surface area contributed by atoms with Crippen LogP contribution in [0, 0.1) is 5.82 Å². The first-order valence-corrected chi connectivity index (χ1v) is 8.01. The van der Waals surface area contributed by atoms with Crippen LogP contribution in [-0.2, 0) is 4.79 Å². The molecule has 0 bridgehead atoms. The Hall–Kier alpha value is -2.54. The highest BCUT2D eigenvalue weighted by Gasteiger charge is 2.25. The van der Waals surface area contributed by atoms with Gasteiger partial charge in [-0.15, -0.1) is 0 Å². The standard InChI is InChI=1S/C17H13BrFN3O2/c18-11-7-5-10(6-8-11)16(24)22-17-20-14(9-15(23)21-17)12-3-1-2-4-13(12)19/h1-8,14H,9H2,(H2,20,21,22,23,24). The molecular formula is C17H13BrFN3O2. The van der Waals surface area contributed by atoms with Gasteiger partial charge >= 0.3 is 0 Å². The average Bonchev–Trinajstić information content (AvgIpc) is 2.55. The van der Waals surface area contributed by atoms with Crippen LogP contribution in [0.5, 0.6) is 0 Å². The van der Waals surface area contributed by atoms with E-state index in [9.17, 15) is 14.0 Å². The Morgan fingerprint density at radius 3 is 2.62 bits per heavy atom. The molecule has 0 saturated heterocycles. The number of hydrogen-bond donors (Lipinski definition) is 2. The van der Waals surface area contributed by atoms with Crippen LogP contribution >= 0.6 is 15.9 Å². The highest BCUT2D eigenvalue weighted by Crippen LogP contribution is 2.25. The summed E-state index contributed by atoms with van der Waals surface area (Å²) in [5, 5.41) is 5.04. The Balaban J connectivity index is 1.81. The summed E-state index contributed by atoms with van der Waals surface area (Å²) in [5.41, 5.74) is 0.742. The van der Waals surface area contributed by atoms with Gasteiger partial charge in [-0.05, 0) is 30.3 Å². The molecule has 0 aromatic heterocycles. The minimum atomic E-state index is -0.667. The highest BCUT2D eigenvalue weighted by molar-refractivity contribution is 9.10. The van der Waals surface area contributed by atoms with E-state index in [1.54, 1.807) is 42.5 Å². The van der Waals surface area contributed by atoms with Crippen molar-refractivity contribution in [1.29, 1.82) is 0 Å². The first-order valence-electron chi connectivity index (χ1n) is 7.22. The maximum Gasteiger partial charge on any atom is 0.257 e. The number of carbonyl (C=O) groups is 2. The molecule has 0 saturated carbocycles. The lowest BCUT2D eigenvalue weighted by atomic mass is 10.0. The Kier molecular flexibility index (Phi) is 4.71. The first kappa shape index (κ1) is 16.3. The van der Waals surface area contributed by atoms with Crippen LogP contribution in [0.3, 0.4) is 0 Å². The van der Waals surface area contributed by atoms with Gasteiger partial charge in [0.05, 0.1) is 12.5 Å². The van der Waals surface area contributed by atoms with Gasteiger partial charge in [0.15, 0.2) is 0 Å². The lowest BCUT2D eigenvalue weighted by molar-refractivity contribution is -0.120. The summed E-state index contributed by atoms with van der Waals surface area (Å²) in [7, 11) is 0. The van der Waals surface area contributed by atoms with Crippen LogP contribution in [-0.4, -0.2) is 17.8 Å². The summed E-state index contributed by atoms with van der Waals surface area (Å²) < 4.78 is 14.7. The van der Waals surface area contributed by atoms with Crippen molar-refractivity contribution in [2.24, 2.45) is 4.99 Å². The van der Waals surface area contributed by atoms with Crippen LogP contribution in [0.4, 0.5) is 4.39 Å². The normalized spacial score (nSPS) is 17.0. The molecule has 2 aromatic rings. The molecule has 1 aliphatic rings. The third-order valence-corrected chi connectivity index (χ3v) is 4.05. The van der Waals surface area contributed by atoms with Crippen LogP contribution < -0.4 is 10.6 Å². The highest BCUT2D eigenvalue weighted by atomic mass is 79.9. The zero-order chi connectivity index (χ0) is 17.1. The monoisotopic (exact) mass is 389 g/mol. The van der Waals surface area contributed by atoms with Gasteiger partial charge in [0.2, 0.25) is 11.9 Å². The summed E-state index contributed by atoms with van der Waals surface area (Å²) >= 11 is 3.29. The summed E-state index contributed by atoms with van der Waals surface area (Å²) in [5.74, 6) is -1.15. The third-order valence-electron chi connectivity index (χ3n) is 3.52. The van der Waals surface area contributed by atoms with E-state index in [1.807, 2.05) is 0 Å². The fourth-order valence-electron chi connectivity index (χ4n) is 2.36. The molecule has 2 amide bonds. The fraction of sp³-hybridized carbons (Fsp3) is 0.118. The Morgan fingerprint density at radius 1 is 1.21 bits per heavy atom. The SMILES string of the molecule is O=C1CC(c2ccccc2F)N=C(NC(=O)c2ccc(Br)cc2)N1. The molecule has 2 N–H and O–H groups in total. The molecule has 0 fully saturated rings. The minimum Gasteiger partial charge on any atom is -0.296 e. The lowest BCUT2D eigenvalue weighted by Gasteiger charge is -2.21. The topological polar surface area (TPSA) is 70.6 Å². The number of hydrogen-bond acceptors (Lipinski definition) is 3. The predicted octanol–water partition coefficient (Wildman–Crippen LogP) is 2.94. The van der Waals surface area contributed by atoms with Gasteiger partial charge in [-0.25, -0.2) is 9.38 Å². The summed E-state index contributed by atoms with van der Waals surface area (Å²) in [6.45, 7) is 0. The van der Waals surface area contributed by atoms with Crippen molar-refractivity contribution < 1.29 is 14.0 Å². The largest absolute Gasteiger partial charge is 0.296 e. The zero-order valence-electron chi connectivity index (χ0n) is 12.4. The lowest BCUT2D eigenvalue weighted by Crippen LogP contribution is -2.47.